The van der Waals surface area contributed by atoms with Crippen molar-refractivity contribution in [2.24, 2.45) is 0 Å². The SMILES string of the molecule is Cc1cccn2c(CN3CCCC[C@@H]3c3ccccn3)c(C(=O)N3CCCCC3)nc12. The quantitative estimate of drug-likeness (QED) is 0.632. The number of fused-ring (bicyclic) bond motifs is 1. The maximum Gasteiger partial charge on any atom is 0.274 e. The Hall–Kier alpha value is -2.73. The lowest BCUT2D eigenvalue weighted by molar-refractivity contribution is 0.0713. The van der Waals surface area contributed by atoms with Crippen molar-refractivity contribution < 1.29 is 4.79 Å². The fourth-order valence-electron chi connectivity index (χ4n) is 5.10. The van der Waals surface area contributed by atoms with E-state index in [0.717, 1.165) is 61.5 Å². The van der Waals surface area contributed by atoms with Gasteiger partial charge in [-0.1, -0.05) is 18.6 Å². The number of aromatic nitrogens is 3. The highest BCUT2D eigenvalue weighted by atomic mass is 16.2. The summed E-state index contributed by atoms with van der Waals surface area (Å²) in [7, 11) is 0. The lowest BCUT2D eigenvalue weighted by Gasteiger charge is -2.35. The molecule has 0 aromatic carbocycles. The number of likely N-dealkylation sites (tertiary alicyclic amines) is 2. The predicted molar refractivity (Wildman–Crippen MR) is 121 cm³/mol. The van der Waals surface area contributed by atoms with E-state index in [4.69, 9.17) is 4.98 Å². The van der Waals surface area contributed by atoms with E-state index in [1.165, 1.54) is 19.3 Å². The molecule has 2 aliphatic rings. The second kappa shape index (κ2) is 8.79. The molecule has 0 spiro atoms. The van der Waals surface area contributed by atoms with Gasteiger partial charge >= 0.3 is 0 Å². The number of hydrogen-bond acceptors (Lipinski definition) is 4. The van der Waals surface area contributed by atoms with Crippen molar-refractivity contribution in [2.45, 2.75) is 58.0 Å². The van der Waals surface area contributed by atoms with Gasteiger partial charge in [0.2, 0.25) is 0 Å². The van der Waals surface area contributed by atoms with E-state index in [1.807, 2.05) is 17.2 Å². The van der Waals surface area contributed by atoms with Gasteiger partial charge in [-0.15, -0.1) is 0 Å². The highest BCUT2D eigenvalue weighted by Gasteiger charge is 2.30. The summed E-state index contributed by atoms with van der Waals surface area (Å²) >= 11 is 0. The lowest BCUT2D eigenvalue weighted by atomic mass is 9.98. The molecule has 0 saturated carbocycles. The van der Waals surface area contributed by atoms with Crippen molar-refractivity contribution in [3.8, 4) is 0 Å². The van der Waals surface area contributed by atoms with Gasteiger partial charge < -0.3 is 9.30 Å². The normalized spacial score (nSPS) is 20.3. The molecule has 6 heteroatoms. The van der Waals surface area contributed by atoms with Crippen LogP contribution >= 0.6 is 0 Å². The second-order valence-electron chi connectivity index (χ2n) is 8.88. The van der Waals surface area contributed by atoms with Gasteiger partial charge in [0.1, 0.15) is 5.65 Å². The molecular weight excluding hydrogens is 386 g/mol. The van der Waals surface area contributed by atoms with Gasteiger partial charge in [0.15, 0.2) is 5.69 Å². The van der Waals surface area contributed by atoms with E-state index in [2.05, 4.69) is 51.7 Å². The summed E-state index contributed by atoms with van der Waals surface area (Å²) in [5.74, 6) is 0.0872. The minimum absolute atomic E-state index is 0.0872. The molecule has 2 fully saturated rings. The van der Waals surface area contributed by atoms with E-state index < -0.39 is 0 Å². The molecule has 31 heavy (non-hydrogen) atoms. The zero-order valence-electron chi connectivity index (χ0n) is 18.3. The number of piperidine rings is 2. The van der Waals surface area contributed by atoms with Gasteiger partial charge in [0, 0.05) is 32.0 Å². The number of imidazole rings is 1. The molecule has 162 valence electrons. The molecule has 2 saturated heterocycles. The van der Waals surface area contributed by atoms with Crippen molar-refractivity contribution in [1.82, 2.24) is 24.2 Å². The van der Waals surface area contributed by atoms with Gasteiger partial charge in [0.05, 0.1) is 17.4 Å². The van der Waals surface area contributed by atoms with Gasteiger partial charge in [-0.05, 0) is 69.3 Å². The Balaban J connectivity index is 1.53. The van der Waals surface area contributed by atoms with E-state index in [0.29, 0.717) is 12.2 Å². The molecule has 0 bridgehead atoms. The average molecular weight is 418 g/mol. The number of rotatable bonds is 4. The fourth-order valence-corrected chi connectivity index (χ4v) is 5.10. The summed E-state index contributed by atoms with van der Waals surface area (Å²) in [4.78, 5) is 27.5. The third-order valence-electron chi connectivity index (χ3n) is 6.79. The van der Waals surface area contributed by atoms with Crippen LogP contribution in [0.3, 0.4) is 0 Å². The number of carbonyl (C=O) groups excluding carboxylic acids is 1. The predicted octanol–water partition coefficient (Wildman–Crippen LogP) is 4.39. The molecule has 6 nitrogen and oxygen atoms in total. The van der Waals surface area contributed by atoms with Gasteiger partial charge in [-0.3, -0.25) is 14.7 Å². The Bertz CT molecular complexity index is 1050. The average Bonchev–Trinajstić information content (AvgIpc) is 3.20. The van der Waals surface area contributed by atoms with Crippen molar-refractivity contribution in [3.63, 3.8) is 0 Å². The zero-order valence-corrected chi connectivity index (χ0v) is 18.3. The number of carbonyl (C=O) groups is 1. The Kier molecular flexibility index (Phi) is 5.72. The smallest absolute Gasteiger partial charge is 0.274 e. The van der Waals surface area contributed by atoms with E-state index in [1.54, 1.807) is 0 Å². The highest BCUT2D eigenvalue weighted by Crippen LogP contribution is 2.32. The molecule has 2 aliphatic heterocycles. The van der Waals surface area contributed by atoms with Crippen LogP contribution in [0.25, 0.3) is 5.65 Å². The van der Waals surface area contributed by atoms with Crippen LogP contribution in [0.1, 0.15) is 72.0 Å². The minimum atomic E-state index is 0.0872. The lowest BCUT2D eigenvalue weighted by Crippen LogP contribution is -2.38. The summed E-state index contributed by atoms with van der Waals surface area (Å²) in [5.41, 5.74) is 4.75. The van der Waals surface area contributed by atoms with Crippen molar-refractivity contribution in [3.05, 3.63) is 65.4 Å². The molecule has 0 radical (unpaired) electrons. The monoisotopic (exact) mass is 417 g/mol. The first-order valence-corrected chi connectivity index (χ1v) is 11.6. The molecule has 1 amide bonds. The van der Waals surface area contributed by atoms with Crippen molar-refractivity contribution >= 4 is 11.6 Å². The summed E-state index contributed by atoms with van der Waals surface area (Å²) < 4.78 is 2.14. The summed E-state index contributed by atoms with van der Waals surface area (Å²) in [6.07, 6.45) is 10.8. The number of amides is 1. The number of hydrogen-bond donors (Lipinski definition) is 0. The first kappa shape index (κ1) is 20.2. The van der Waals surface area contributed by atoms with E-state index >= 15 is 0 Å². The molecule has 0 aliphatic carbocycles. The summed E-state index contributed by atoms with van der Waals surface area (Å²) in [5, 5.41) is 0. The Morgan fingerprint density at radius 3 is 2.68 bits per heavy atom. The first-order chi connectivity index (χ1) is 15.2. The molecule has 5 heterocycles. The Labute approximate surface area is 183 Å². The topological polar surface area (TPSA) is 53.7 Å². The minimum Gasteiger partial charge on any atom is -0.337 e. The maximum atomic E-state index is 13.5. The standard InChI is InChI=1S/C25H31N5O/c1-19-10-9-17-30-22(23(27-24(19)30)25(31)28-14-6-2-7-15-28)18-29-16-8-4-12-21(29)20-11-3-5-13-26-20/h3,5,9-11,13,17,21H,2,4,6-8,12,14-16,18H2,1H3/t21-/m1/s1. The number of aryl methyl sites for hydroxylation is 1. The van der Waals surface area contributed by atoms with Gasteiger partial charge in [0.25, 0.3) is 5.91 Å². The highest BCUT2D eigenvalue weighted by molar-refractivity contribution is 5.94. The third kappa shape index (κ3) is 3.97. The van der Waals surface area contributed by atoms with Crippen LogP contribution in [0.15, 0.2) is 42.7 Å². The molecular formula is C25H31N5O. The van der Waals surface area contributed by atoms with E-state index in [9.17, 15) is 4.79 Å². The van der Waals surface area contributed by atoms with Crippen LogP contribution in [0.5, 0.6) is 0 Å². The van der Waals surface area contributed by atoms with Crippen molar-refractivity contribution in [1.29, 1.82) is 0 Å². The van der Waals surface area contributed by atoms with Gasteiger partial charge in [-0.25, -0.2) is 4.98 Å². The molecule has 0 unspecified atom stereocenters. The van der Waals surface area contributed by atoms with Crippen LogP contribution in [0.4, 0.5) is 0 Å². The molecule has 0 N–H and O–H groups in total. The van der Waals surface area contributed by atoms with Gasteiger partial charge in [-0.2, -0.15) is 0 Å². The van der Waals surface area contributed by atoms with E-state index in [-0.39, 0.29) is 11.9 Å². The van der Waals surface area contributed by atoms with Crippen molar-refractivity contribution in [2.75, 3.05) is 19.6 Å². The van der Waals surface area contributed by atoms with Crippen LogP contribution < -0.4 is 0 Å². The largest absolute Gasteiger partial charge is 0.337 e. The summed E-state index contributed by atoms with van der Waals surface area (Å²) in [6, 6.07) is 10.6. The molecule has 5 rings (SSSR count). The third-order valence-corrected chi connectivity index (χ3v) is 6.79. The van der Waals surface area contributed by atoms with Crippen LogP contribution in [0.2, 0.25) is 0 Å². The number of nitrogens with zero attached hydrogens (tertiary/aromatic N) is 5. The molecule has 3 aromatic heterocycles. The second-order valence-corrected chi connectivity index (χ2v) is 8.88. The zero-order chi connectivity index (χ0) is 21.2. The molecule has 1 atom stereocenters. The molecule has 3 aromatic rings. The summed E-state index contributed by atoms with van der Waals surface area (Å²) in [6.45, 7) is 5.47. The maximum absolute atomic E-state index is 13.5. The Morgan fingerprint density at radius 2 is 1.87 bits per heavy atom. The number of pyridine rings is 2. The fraction of sp³-hybridized carbons (Fsp3) is 0.480. The van der Waals surface area contributed by atoms with Crippen LogP contribution in [0, 0.1) is 6.92 Å². The Morgan fingerprint density at radius 1 is 1.03 bits per heavy atom. The first-order valence-electron chi connectivity index (χ1n) is 11.6. The van der Waals surface area contributed by atoms with Crippen LogP contribution in [-0.4, -0.2) is 49.7 Å². The van der Waals surface area contributed by atoms with Crippen LogP contribution in [-0.2, 0) is 6.54 Å².